The lowest BCUT2D eigenvalue weighted by molar-refractivity contribution is -0.131. The monoisotopic (exact) mass is 215 g/mol. The van der Waals surface area contributed by atoms with E-state index in [1.165, 1.54) is 7.11 Å². The van der Waals surface area contributed by atoms with Gasteiger partial charge in [0.2, 0.25) is 5.91 Å². The van der Waals surface area contributed by atoms with E-state index in [-0.39, 0.29) is 24.4 Å². The number of hydrogen-bond donors (Lipinski definition) is 2. The van der Waals surface area contributed by atoms with Crippen molar-refractivity contribution in [3.63, 3.8) is 0 Å². The first-order valence-electron chi connectivity index (χ1n) is 4.85. The van der Waals surface area contributed by atoms with Crippen molar-refractivity contribution >= 4 is 11.8 Å². The number of hydrogen-bond acceptors (Lipinski definition) is 4. The van der Waals surface area contributed by atoms with Gasteiger partial charge in [0.15, 0.2) is 0 Å². The van der Waals surface area contributed by atoms with E-state index in [1.54, 1.807) is 11.9 Å². The minimum absolute atomic E-state index is 0.0435. The maximum absolute atomic E-state index is 11.5. The molecular weight excluding hydrogens is 198 g/mol. The van der Waals surface area contributed by atoms with Gasteiger partial charge in [0, 0.05) is 33.7 Å². The first kappa shape index (κ1) is 11.9. The van der Waals surface area contributed by atoms with Crippen LogP contribution in [0.25, 0.3) is 0 Å². The molecule has 0 aliphatic carbocycles. The van der Waals surface area contributed by atoms with Crippen molar-refractivity contribution in [2.45, 2.75) is 18.6 Å². The Bertz CT molecular complexity index is 253. The zero-order valence-electron chi connectivity index (χ0n) is 9.03. The molecule has 0 aromatic carbocycles. The quantitative estimate of drug-likeness (QED) is 0.586. The summed E-state index contributed by atoms with van der Waals surface area (Å²) in [4.78, 5) is 24.3. The Labute approximate surface area is 88.7 Å². The highest BCUT2D eigenvalue weighted by Gasteiger charge is 2.29. The number of carbonyl (C=O) groups is 2. The second kappa shape index (κ2) is 5.09. The zero-order valence-corrected chi connectivity index (χ0v) is 9.03. The number of carbonyl (C=O) groups excluding carboxylic acids is 2. The Morgan fingerprint density at radius 1 is 1.80 bits per heavy atom. The number of likely N-dealkylation sites (N-methyl/N-ethyl adjacent to an activating group) is 1. The van der Waals surface area contributed by atoms with Crippen LogP contribution in [-0.4, -0.2) is 56.1 Å². The fraction of sp³-hybridized carbons (Fsp3) is 0.778. The summed E-state index contributed by atoms with van der Waals surface area (Å²) in [5, 5.41) is 2.74. The van der Waals surface area contributed by atoms with Gasteiger partial charge in [0.25, 0.3) is 5.91 Å². The third-order valence-corrected chi connectivity index (χ3v) is 2.48. The summed E-state index contributed by atoms with van der Waals surface area (Å²) in [6, 6.07) is -0.126. The molecule has 6 heteroatoms. The first-order chi connectivity index (χ1) is 7.08. The van der Waals surface area contributed by atoms with Gasteiger partial charge in [0.05, 0.1) is 6.04 Å². The maximum Gasteiger partial charge on any atom is 0.250 e. The molecule has 2 atom stereocenters. The largest absolute Gasteiger partial charge is 0.370 e. The van der Waals surface area contributed by atoms with Gasteiger partial charge >= 0.3 is 0 Å². The highest BCUT2D eigenvalue weighted by atomic mass is 16.5. The summed E-state index contributed by atoms with van der Waals surface area (Å²) in [6.45, 7) is 0.685. The minimum Gasteiger partial charge on any atom is -0.370 e. The zero-order chi connectivity index (χ0) is 11.4. The van der Waals surface area contributed by atoms with Gasteiger partial charge in [-0.1, -0.05) is 0 Å². The standard InChI is InChI=1S/C9H17N3O3/c1-12-5-6(3-8(12)13)11-9(14)7(4-10)15-2/h6-7H,3-5,10H2,1-2H3,(H,11,14). The first-order valence-corrected chi connectivity index (χ1v) is 4.85. The molecule has 86 valence electrons. The van der Waals surface area contributed by atoms with Crippen molar-refractivity contribution in [1.82, 2.24) is 10.2 Å². The maximum atomic E-state index is 11.5. The summed E-state index contributed by atoms with van der Waals surface area (Å²) < 4.78 is 4.89. The number of likely N-dealkylation sites (tertiary alicyclic amines) is 1. The summed E-state index contributed by atoms with van der Waals surface area (Å²) in [5.41, 5.74) is 5.35. The van der Waals surface area contributed by atoms with Crippen LogP contribution < -0.4 is 11.1 Å². The number of rotatable bonds is 4. The average molecular weight is 215 g/mol. The molecule has 1 aliphatic heterocycles. The topological polar surface area (TPSA) is 84.7 Å². The molecule has 1 fully saturated rings. The molecular formula is C9H17N3O3. The van der Waals surface area contributed by atoms with Gasteiger partial charge in [0.1, 0.15) is 6.10 Å². The van der Waals surface area contributed by atoms with E-state index >= 15 is 0 Å². The summed E-state index contributed by atoms with van der Waals surface area (Å²) in [6.07, 6.45) is -0.283. The van der Waals surface area contributed by atoms with Gasteiger partial charge in [-0.2, -0.15) is 0 Å². The van der Waals surface area contributed by atoms with Gasteiger partial charge in [-0.25, -0.2) is 0 Å². The van der Waals surface area contributed by atoms with E-state index in [2.05, 4.69) is 5.32 Å². The molecule has 0 bridgehead atoms. The molecule has 0 saturated carbocycles. The Balaban J connectivity index is 2.42. The van der Waals surface area contributed by atoms with Crippen LogP contribution in [0.4, 0.5) is 0 Å². The summed E-state index contributed by atoms with van der Waals surface area (Å²) in [7, 11) is 3.15. The molecule has 0 aromatic rings. The van der Waals surface area contributed by atoms with E-state index < -0.39 is 6.10 Å². The number of nitrogens with one attached hydrogen (secondary N) is 1. The summed E-state index contributed by atoms with van der Waals surface area (Å²) >= 11 is 0. The molecule has 0 radical (unpaired) electrons. The predicted octanol–water partition coefficient (Wildman–Crippen LogP) is -1.69. The number of amides is 2. The lowest BCUT2D eigenvalue weighted by Gasteiger charge is -2.16. The Morgan fingerprint density at radius 3 is 2.87 bits per heavy atom. The number of ether oxygens (including phenoxy) is 1. The van der Waals surface area contributed by atoms with Crippen LogP contribution in [-0.2, 0) is 14.3 Å². The molecule has 0 spiro atoms. The van der Waals surface area contributed by atoms with Crippen LogP contribution in [0.5, 0.6) is 0 Å². The fourth-order valence-electron chi connectivity index (χ4n) is 1.56. The highest BCUT2D eigenvalue weighted by molar-refractivity contribution is 5.84. The van der Waals surface area contributed by atoms with E-state index in [0.29, 0.717) is 13.0 Å². The molecule has 1 rings (SSSR count). The number of nitrogens with two attached hydrogens (primary N) is 1. The van der Waals surface area contributed by atoms with Crippen molar-refractivity contribution in [3.8, 4) is 0 Å². The molecule has 1 saturated heterocycles. The van der Waals surface area contributed by atoms with Gasteiger partial charge in [-0.3, -0.25) is 9.59 Å². The minimum atomic E-state index is -0.633. The van der Waals surface area contributed by atoms with Crippen molar-refractivity contribution in [3.05, 3.63) is 0 Å². The van der Waals surface area contributed by atoms with Crippen LogP contribution >= 0.6 is 0 Å². The highest BCUT2D eigenvalue weighted by Crippen LogP contribution is 2.08. The van der Waals surface area contributed by atoms with Crippen LogP contribution in [0, 0.1) is 0 Å². The smallest absolute Gasteiger partial charge is 0.250 e. The molecule has 6 nitrogen and oxygen atoms in total. The summed E-state index contributed by atoms with van der Waals surface area (Å²) in [5.74, 6) is -0.213. The third kappa shape index (κ3) is 2.90. The lowest BCUT2D eigenvalue weighted by atomic mass is 10.2. The molecule has 1 aliphatic rings. The molecule has 3 N–H and O–H groups in total. The Morgan fingerprint density at radius 2 is 2.47 bits per heavy atom. The molecule has 15 heavy (non-hydrogen) atoms. The number of methoxy groups -OCH3 is 1. The fourth-order valence-corrected chi connectivity index (χ4v) is 1.56. The molecule has 2 unspecified atom stereocenters. The second-order valence-corrected chi connectivity index (χ2v) is 3.64. The van der Waals surface area contributed by atoms with Crippen LogP contribution in [0.1, 0.15) is 6.42 Å². The van der Waals surface area contributed by atoms with E-state index in [0.717, 1.165) is 0 Å². The normalized spacial score (nSPS) is 23.0. The van der Waals surface area contributed by atoms with Gasteiger partial charge < -0.3 is 20.7 Å². The SMILES string of the molecule is COC(CN)C(=O)NC1CC(=O)N(C)C1. The predicted molar refractivity (Wildman–Crippen MR) is 54.0 cm³/mol. The molecule has 0 aromatic heterocycles. The van der Waals surface area contributed by atoms with E-state index in [9.17, 15) is 9.59 Å². The van der Waals surface area contributed by atoms with Crippen LogP contribution in [0.15, 0.2) is 0 Å². The Kier molecular flexibility index (Phi) is 4.05. The van der Waals surface area contributed by atoms with E-state index in [4.69, 9.17) is 10.5 Å². The molecule has 2 amide bonds. The van der Waals surface area contributed by atoms with Crippen LogP contribution in [0.2, 0.25) is 0 Å². The van der Waals surface area contributed by atoms with Gasteiger partial charge in [-0.05, 0) is 0 Å². The second-order valence-electron chi connectivity index (χ2n) is 3.64. The average Bonchev–Trinajstić information content (AvgIpc) is 2.47. The van der Waals surface area contributed by atoms with Crippen molar-refractivity contribution in [1.29, 1.82) is 0 Å². The van der Waals surface area contributed by atoms with Gasteiger partial charge in [-0.15, -0.1) is 0 Å². The number of nitrogens with zero attached hydrogens (tertiary/aromatic N) is 1. The van der Waals surface area contributed by atoms with Crippen molar-refractivity contribution in [2.24, 2.45) is 5.73 Å². The van der Waals surface area contributed by atoms with Crippen LogP contribution in [0.3, 0.4) is 0 Å². The molecule has 1 heterocycles. The Hall–Kier alpha value is -1.14. The lowest BCUT2D eigenvalue weighted by Crippen LogP contribution is -2.45. The van der Waals surface area contributed by atoms with E-state index in [1.807, 2.05) is 0 Å². The third-order valence-electron chi connectivity index (χ3n) is 2.48. The van der Waals surface area contributed by atoms with Crippen molar-refractivity contribution in [2.75, 3.05) is 27.2 Å². The van der Waals surface area contributed by atoms with Crippen molar-refractivity contribution < 1.29 is 14.3 Å².